The number of aliphatic carboxylic acids is 2. The van der Waals surface area contributed by atoms with E-state index in [9.17, 15) is 24.6 Å². The molecule has 6 nitrogen and oxygen atoms in total. The summed E-state index contributed by atoms with van der Waals surface area (Å²) >= 11 is 0. The van der Waals surface area contributed by atoms with E-state index in [1.807, 2.05) is 0 Å². The van der Waals surface area contributed by atoms with E-state index in [1.54, 1.807) is 0 Å². The summed E-state index contributed by atoms with van der Waals surface area (Å²) < 4.78 is 0. The zero-order valence-corrected chi connectivity index (χ0v) is 20.1. The number of ketones is 1. The van der Waals surface area contributed by atoms with E-state index >= 15 is 0 Å². The number of nitrogens with two attached hydrogens (primary N) is 1. The largest absolute Gasteiger partial charge is 1.00 e. The molecule has 0 saturated heterocycles. The van der Waals surface area contributed by atoms with Gasteiger partial charge in [-0.25, -0.2) is 0 Å². The monoisotopic (exact) mass is 373 g/mol. The van der Waals surface area contributed by atoms with Crippen molar-refractivity contribution in [3.63, 3.8) is 0 Å². The molecular weight excluding hydrogens is 344 g/mol. The number of rotatable bonds is 15. The number of unbranched alkanes of at least 4 members (excludes halogenated alkanes) is 8. The summed E-state index contributed by atoms with van der Waals surface area (Å²) in [5, 5.41) is 21.4. The van der Waals surface area contributed by atoms with Crippen LogP contribution >= 0.6 is 0 Å². The normalized spacial score (nSPS) is 12.4. The molecule has 0 bridgehead atoms. The minimum atomic E-state index is -1.61. The number of hydrogen-bond donors (Lipinski definition) is 1. The minimum absolute atomic E-state index is 0. The number of hydrogen-bond acceptors (Lipinski definition) is 6. The van der Waals surface area contributed by atoms with Gasteiger partial charge in [-0.05, 0) is 12.8 Å². The van der Waals surface area contributed by atoms with Crippen molar-refractivity contribution < 1.29 is 83.7 Å². The topological polar surface area (TPSA) is 123 Å². The Labute approximate surface area is 195 Å². The third kappa shape index (κ3) is 16.5. The second-order valence-electron chi connectivity index (χ2n) is 6.07. The van der Waals surface area contributed by atoms with Gasteiger partial charge in [0.05, 0.1) is 12.0 Å². The molecule has 8 heteroatoms. The fourth-order valence-corrected chi connectivity index (χ4v) is 2.58. The van der Waals surface area contributed by atoms with E-state index in [2.05, 4.69) is 6.92 Å². The molecule has 0 saturated carbocycles. The third-order valence-electron chi connectivity index (χ3n) is 4.03. The van der Waals surface area contributed by atoms with Gasteiger partial charge < -0.3 is 25.5 Å². The Hall–Kier alpha value is 0.570. The van der Waals surface area contributed by atoms with Crippen molar-refractivity contribution in [2.75, 3.05) is 0 Å². The maximum Gasteiger partial charge on any atom is 1.00 e. The predicted molar refractivity (Wildman–Crippen MR) is 82.9 cm³/mol. The molecule has 0 radical (unpaired) electrons. The van der Waals surface area contributed by atoms with Gasteiger partial charge in [-0.3, -0.25) is 4.79 Å². The van der Waals surface area contributed by atoms with E-state index < -0.39 is 36.1 Å². The molecule has 0 rings (SSSR count). The predicted octanol–water partition coefficient (Wildman–Crippen LogP) is -5.68. The fourth-order valence-electron chi connectivity index (χ4n) is 2.58. The quantitative estimate of drug-likeness (QED) is 0.225. The van der Waals surface area contributed by atoms with Crippen LogP contribution in [0.5, 0.6) is 0 Å². The summed E-state index contributed by atoms with van der Waals surface area (Å²) in [6.07, 6.45) is 9.31. The van der Waals surface area contributed by atoms with E-state index in [1.165, 1.54) is 32.1 Å². The summed E-state index contributed by atoms with van der Waals surface area (Å²) in [5.41, 5.74) is 5.35. The number of carboxylic acid groups (broad SMARTS) is 2. The first-order valence-electron chi connectivity index (χ1n) is 8.59. The van der Waals surface area contributed by atoms with E-state index in [-0.39, 0.29) is 65.5 Å². The van der Waals surface area contributed by atoms with Crippen LogP contribution in [-0.2, 0) is 14.4 Å². The van der Waals surface area contributed by atoms with Crippen LogP contribution in [0, 0.1) is 5.92 Å². The molecule has 134 valence electrons. The SMILES string of the molecule is CCCCCCCCCCCC(=O)C(CC(=O)[O-])[C@H](N)C(=O)[O-].[Na+].[Na+]. The van der Waals surface area contributed by atoms with Crippen LogP contribution in [0.1, 0.15) is 77.6 Å². The summed E-state index contributed by atoms with van der Waals surface area (Å²) in [5.74, 6) is -4.79. The first-order valence-corrected chi connectivity index (χ1v) is 8.59. The van der Waals surface area contributed by atoms with Crippen LogP contribution in [0.25, 0.3) is 0 Å². The summed E-state index contributed by atoms with van der Waals surface area (Å²) in [6, 6.07) is -1.60. The van der Waals surface area contributed by atoms with Crippen LogP contribution < -0.4 is 75.1 Å². The fraction of sp³-hybridized carbons (Fsp3) is 0.824. The zero-order chi connectivity index (χ0) is 17.7. The standard InChI is InChI=1S/C17H31NO5.2Na/c1-2-3-4-5-6-7-8-9-10-11-14(19)13(12-15(20)21)16(18)17(22)23;;/h13,16H,2-12,18H2,1H3,(H,20,21)(H,22,23);;/q;2*+1/p-2/t13?,16-;;/m0../s1. The van der Waals surface area contributed by atoms with E-state index in [4.69, 9.17) is 5.73 Å². The van der Waals surface area contributed by atoms with Crippen LogP contribution in [0.3, 0.4) is 0 Å². The van der Waals surface area contributed by atoms with Gasteiger partial charge in [-0.15, -0.1) is 0 Å². The van der Waals surface area contributed by atoms with Crippen molar-refractivity contribution in [1.82, 2.24) is 0 Å². The molecule has 2 atom stereocenters. The first-order chi connectivity index (χ1) is 10.9. The number of carboxylic acids is 2. The second kappa shape index (κ2) is 19.3. The van der Waals surface area contributed by atoms with Gasteiger partial charge in [0.25, 0.3) is 0 Å². The van der Waals surface area contributed by atoms with E-state index in [0.29, 0.717) is 6.42 Å². The van der Waals surface area contributed by atoms with Crippen LogP contribution in [0.2, 0.25) is 0 Å². The molecule has 0 aromatic carbocycles. The molecule has 0 aliphatic heterocycles. The molecule has 25 heavy (non-hydrogen) atoms. The van der Waals surface area contributed by atoms with E-state index in [0.717, 1.165) is 19.3 Å². The Morgan fingerprint density at radius 2 is 1.28 bits per heavy atom. The van der Waals surface area contributed by atoms with Crippen LogP contribution in [-0.4, -0.2) is 23.8 Å². The van der Waals surface area contributed by atoms with Gasteiger partial charge in [0.1, 0.15) is 5.78 Å². The smallest absolute Gasteiger partial charge is 0.550 e. The van der Waals surface area contributed by atoms with Crippen LogP contribution in [0.4, 0.5) is 0 Å². The van der Waals surface area contributed by atoms with Crippen molar-refractivity contribution in [2.45, 2.75) is 83.6 Å². The molecule has 0 aromatic heterocycles. The zero-order valence-electron chi connectivity index (χ0n) is 16.1. The van der Waals surface area contributed by atoms with Gasteiger partial charge in [0.2, 0.25) is 0 Å². The molecule has 2 N–H and O–H groups in total. The molecule has 0 amide bonds. The third-order valence-corrected chi connectivity index (χ3v) is 4.03. The number of Topliss-reactive ketones (excluding diaryl/α,β-unsaturated/α-hetero) is 1. The maximum absolute atomic E-state index is 12.0. The molecule has 0 aliphatic rings. The van der Waals surface area contributed by atoms with Crippen molar-refractivity contribution >= 4 is 17.7 Å². The molecule has 0 aliphatic carbocycles. The average molecular weight is 373 g/mol. The van der Waals surface area contributed by atoms with Crippen molar-refractivity contribution in [1.29, 1.82) is 0 Å². The number of carbonyl (C=O) groups excluding carboxylic acids is 3. The Balaban J connectivity index is -0.00000242. The molecule has 0 aromatic rings. The van der Waals surface area contributed by atoms with Crippen molar-refractivity contribution in [3.8, 4) is 0 Å². The molecule has 1 unspecified atom stereocenters. The Morgan fingerprint density at radius 1 is 0.840 bits per heavy atom. The van der Waals surface area contributed by atoms with Crippen LogP contribution in [0.15, 0.2) is 0 Å². The van der Waals surface area contributed by atoms with Gasteiger partial charge in [-0.2, -0.15) is 0 Å². The minimum Gasteiger partial charge on any atom is -0.550 e. The summed E-state index contributed by atoms with van der Waals surface area (Å²) in [7, 11) is 0. The molecular formula is C17H29NNa2O5. The average Bonchev–Trinajstić information content (AvgIpc) is 2.49. The maximum atomic E-state index is 12.0. The Morgan fingerprint density at radius 3 is 1.68 bits per heavy atom. The van der Waals surface area contributed by atoms with Gasteiger partial charge in [0, 0.05) is 18.3 Å². The first kappa shape index (κ1) is 30.3. The second-order valence-corrected chi connectivity index (χ2v) is 6.07. The molecule has 0 heterocycles. The molecule has 0 spiro atoms. The Bertz CT molecular complexity index is 380. The van der Waals surface area contributed by atoms with Gasteiger partial charge in [0.15, 0.2) is 0 Å². The summed E-state index contributed by atoms with van der Waals surface area (Å²) in [6.45, 7) is 2.18. The van der Waals surface area contributed by atoms with Crippen molar-refractivity contribution in [3.05, 3.63) is 0 Å². The Kier molecular flexibility index (Phi) is 23.4. The van der Waals surface area contributed by atoms with Crippen molar-refractivity contribution in [2.24, 2.45) is 11.7 Å². The molecule has 0 fully saturated rings. The van der Waals surface area contributed by atoms with Gasteiger partial charge in [-0.1, -0.05) is 58.3 Å². The summed E-state index contributed by atoms with van der Waals surface area (Å²) in [4.78, 5) is 33.3. The van der Waals surface area contributed by atoms with Gasteiger partial charge >= 0.3 is 59.1 Å². The number of carbonyl (C=O) groups is 3.